The number of hydrogen-bond donors (Lipinski definition) is 1. The van der Waals surface area contributed by atoms with Gasteiger partial charge in [0, 0.05) is 5.92 Å². The fourth-order valence-corrected chi connectivity index (χ4v) is 1.96. The molecule has 1 aromatic carbocycles. The van der Waals surface area contributed by atoms with Crippen LogP contribution in [0.4, 0.5) is 13.2 Å². The maximum Gasteiger partial charge on any atom is 0.573 e. The zero-order valence-electron chi connectivity index (χ0n) is 10.8. The lowest BCUT2D eigenvalue weighted by molar-refractivity contribution is -0.275. The van der Waals surface area contributed by atoms with Crippen molar-refractivity contribution in [3.63, 3.8) is 0 Å². The van der Waals surface area contributed by atoms with E-state index in [-0.39, 0.29) is 17.4 Å². The summed E-state index contributed by atoms with van der Waals surface area (Å²) in [5.74, 6) is 0.888. The highest BCUT2D eigenvalue weighted by molar-refractivity contribution is 7.80. The maximum absolute atomic E-state index is 12.2. The molecule has 0 saturated carbocycles. The van der Waals surface area contributed by atoms with Crippen LogP contribution >= 0.6 is 12.6 Å². The average Bonchev–Trinajstić information content (AvgIpc) is 2.29. The van der Waals surface area contributed by atoms with Crippen molar-refractivity contribution >= 4 is 12.6 Å². The number of halogens is 3. The lowest BCUT2D eigenvalue weighted by Crippen LogP contribution is -2.21. The van der Waals surface area contributed by atoms with Crippen LogP contribution in [-0.2, 0) is 0 Å². The van der Waals surface area contributed by atoms with Crippen LogP contribution in [0.1, 0.15) is 13.8 Å². The van der Waals surface area contributed by atoms with Gasteiger partial charge in [0.25, 0.3) is 0 Å². The Morgan fingerprint density at radius 1 is 1.16 bits per heavy atom. The SMILES string of the molecule is CC(C)C(CS)COc1ccccc1OC(F)(F)F. The molecule has 1 aromatic rings. The van der Waals surface area contributed by atoms with Crippen molar-refractivity contribution < 1.29 is 22.6 Å². The molecule has 1 unspecified atom stereocenters. The van der Waals surface area contributed by atoms with E-state index in [9.17, 15) is 13.2 Å². The minimum Gasteiger partial charge on any atom is -0.489 e. The van der Waals surface area contributed by atoms with E-state index in [1.54, 1.807) is 6.07 Å². The number of hydrogen-bond acceptors (Lipinski definition) is 3. The molecule has 19 heavy (non-hydrogen) atoms. The minimum absolute atomic E-state index is 0.0901. The molecule has 1 rings (SSSR count). The summed E-state index contributed by atoms with van der Waals surface area (Å²) in [5.41, 5.74) is 0. The molecule has 1 atom stereocenters. The van der Waals surface area contributed by atoms with E-state index in [0.29, 0.717) is 18.3 Å². The van der Waals surface area contributed by atoms with Gasteiger partial charge in [-0.1, -0.05) is 26.0 Å². The second kappa shape index (κ2) is 6.93. The number of benzene rings is 1. The van der Waals surface area contributed by atoms with Crippen molar-refractivity contribution in [2.45, 2.75) is 20.2 Å². The van der Waals surface area contributed by atoms with Crippen LogP contribution in [0.5, 0.6) is 11.5 Å². The molecule has 0 aliphatic carbocycles. The van der Waals surface area contributed by atoms with Crippen molar-refractivity contribution in [2.24, 2.45) is 11.8 Å². The van der Waals surface area contributed by atoms with Gasteiger partial charge in [-0.05, 0) is 23.8 Å². The molecule has 0 N–H and O–H groups in total. The van der Waals surface area contributed by atoms with Gasteiger partial charge >= 0.3 is 6.36 Å². The van der Waals surface area contributed by atoms with Crippen LogP contribution in [-0.4, -0.2) is 18.7 Å². The summed E-state index contributed by atoms with van der Waals surface area (Å²) in [5, 5.41) is 0. The van der Waals surface area contributed by atoms with Crippen LogP contribution in [0.15, 0.2) is 24.3 Å². The summed E-state index contributed by atoms with van der Waals surface area (Å²) in [6.07, 6.45) is -4.72. The predicted octanol–water partition coefficient (Wildman–Crippen LogP) is 4.17. The molecule has 0 saturated heterocycles. The third-order valence-corrected chi connectivity index (χ3v) is 3.17. The molecule has 0 aromatic heterocycles. The second-order valence-electron chi connectivity index (χ2n) is 4.49. The highest BCUT2D eigenvalue weighted by atomic mass is 32.1. The van der Waals surface area contributed by atoms with Crippen molar-refractivity contribution in [3.05, 3.63) is 24.3 Å². The molecule has 0 fully saturated rings. The Balaban J connectivity index is 2.73. The third kappa shape index (κ3) is 5.63. The fraction of sp³-hybridized carbons (Fsp3) is 0.538. The van der Waals surface area contributed by atoms with E-state index < -0.39 is 6.36 Å². The smallest absolute Gasteiger partial charge is 0.489 e. The normalized spacial score (nSPS) is 13.4. The summed E-state index contributed by atoms with van der Waals surface area (Å²) in [4.78, 5) is 0. The highest BCUT2D eigenvalue weighted by Crippen LogP contribution is 2.32. The summed E-state index contributed by atoms with van der Waals surface area (Å²) < 4.78 is 46.0. The Hall–Kier alpha value is -1.04. The fourth-order valence-electron chi connectivity index (χ4n) is 1.43. The van der Waals surface area contributed by atoms with Crippen molar-refractivity contribution in [1.29, 1.82) is 0 Å². The number of rotatable bonds is 6. The van der Waals surface area contributed by atoms with Gasteiger partial charge in [-0.25, -0.2) is 0 Å². The number of thiol groups is 1. The van der Waals surface area contributed by atoms with E-state index in [1.807, 2.05) is 13.8 Å². The lowest BCUT2D eigenvalue weighted by Gasteiger charge is -2.20. The number of ether oxygens (including phenoxy) is 2. The molecule has 0 aliphatic heterocycles. The molecule has 0 spiro atoms. The molecule has 0 radical (unpaired) electrons. The maximum atomic E-state index is 12.2. The Bertz CT molecular complexity index is 394. The molecular weight excluding hydrogens is 277 g/mol. The van der Waals surface area contributed by atoms with Crippen molar-refractivity contribution in [1.82, 2.24) is 0 Å². The van der Waals surface area contributed by atoms with Crippen LogP contribution < -0.4 is 9.47 Å². The summed E-state index contributed by atoms with van der Waals surface area (Å²) >= 11 is 4.20. The molecule has 0 bridgehead atoms. The molecule has 2 nitrogen and oxygen atoms in total. The largest absolute Gasteiger partial charge is 0.573 e. The first kappa shape index (κ1) is 16.0. The zero-order chi connectivity index (χ0) is 14.5. The van der Waals surface area contributed by atoms with Crippen LogP contribution in [0.3, 0.4) is 0 Å². The van der Waals surface area contributed by atoms with Gasteiger partial charge in [0.05, 0.1) is 6.61 Å². The zero-order valence-corrected chi connectivity index (χ0v) is 11.7. The van der Waals surface area contributed by atoms with Gasteiger partial charge in [-0.2, -0.15) is 12.6 Å². The second-order valence-corrected chi connectivity index (χ2v) is 4.86. The minimum atomic E-state index is -4.72. The first-order valence-corrected chi connectivity index (χ1v) is 6.55. The summed E-state index contributed by atoms with van der Waals surface area (Å²) in [7, 11) is 0. The number of alkyl halides is 3. The highest BCUT2D eigenvalue weighted by Gasteiger charge is 2.32. The van der Waals surface area contributed by atoms with Gasteiger partial charge in [0.2, 0.25) is 0 Å². The van der Waals surface area contributed by atoms with Gasteiger partial charge < -0.3 is 9.47 Å². The molecule has 6 heteroatoms. The number of para-hydroxylation sites is 2. The predicted molar refractivity (Wildman–Crippen MR) is 70.8 cm³/mol. The molecule has 0 amide bonds. The summed E-state index contributed by atoms with van der Waals surface area (Å²) in [6.45, 7) is 4.34. The monoisotopic (exact) mass is 294 g/mol. The first-order valence-electron chi connectivity index (χ1n) is 5.92. The third-order valence-electron chi connectivity index (χ3n) is 2.71. The Morgan fingerprint density at radius 3 is 2.21 bits per heavy atom. The average molecular weight is 294 g/mol. The Morgan fingerprint density at radius 2 is 1.74 bits per heavy atom. The first-order chi connectivity index (χ1) is 8.83. The topological polar surface area (TPSA) is 18.5 Å². The standard InChI is InChI=1S/C13H17F3O2S/c1-9(2)10(8-19)7-17-11-5-3-4-6-12(11)18-13(14,15)16/h3-6,9-10,19H,7-8H2,1-2H3. The van der Waals surface area contributed by atoms with Crippen LogP contribution in [0.2, 0.25) is 0 Å². The van der Waals surface area contributed by atoms with E-state index in [1.165, 1.54) is 18.2 Å². The molecular formula is C13H17F3O2S. The van der Waals surface area contributed by atoms with Crippen molar-refractivity contribution in [3.8, 4) is 11.5 Å². The van der Waals surface area contributed by atoms with Crippen LogP contribution in [0.25, 0.3) is 0 Å². The van der Waals surface area contributed by atoms with E-state index >= 15 is 0 Å². The van der Waals surface area contributed by atoms with Crippen molar-refractivity contribution in [2.75, 3.05) is 12.4 Å². The Labute approximate surface area is 116 Å². The lowest BCUT2D eigenvalue weighted by atomic mass is 9.99. The quantitative estimate of drug-likeness (QED) is 0.794. The molecule has 108 valence electrons. The van der Waals surface area contributed by atoms with Gasteiger partial charge in [0.1, 0.15) is 0 Å². The Kier molecular flexibility index (Phi) is 5.85. The molecule has 0 aliphatic rings. The van der Waals surface area contributed by atoms with Crippen LogP contribution in [0, 0.1) is 11.8 Å². The van der Waals surface area contributed by atoms with Gasteiger partial charge in [-0.3, -0.25) is 0 Å². The molecule has 0 heterocycles. The van der Waals surface area contributed by atoms with Gasteiger partial charge in [-0.15, -0.1) is 13.2 Å². The van der Waals surface area contributed by atoms with E-state index in [2.05, 4.69) is 17.4 Å². The summed E-state index contributed by atoms with van der Waals surface area (Å²) in [6, 6.07) is 5.75. The van der Waals surface area contributed by atoms with E-state index in [0.717, 1.165) is 0 Å². The van der Waals surface area contributed by atoms with E-state index in [4.69, 9.17) is 4.74 Å². The van der Waals surface area contributed by atoms with Gasteiger partial charge in [0.15, 0.2) is 11.5 Å².